The van der Waals surface area contributed by atoms with Gasteiger partial charge in [-0.1, -0.05) is 5.21 Å². The number of nitrogens with one attached hydrogen (secondary N) is 1. The van der Waals surface area contributed by atoms with E-state index in [1.807, 2.05) is 15.8 Å². The standard InChI is InChI=1S/C14H19N5O2/c20-13-4-3-10(5-15-13)14(21)18-6-11(7-18)19-8-12(16-17-19)9-1-2-9/h8-11H,1-7H2,(H,15,20). The number of piperidine rings is 1. The average molecular weight is 289 g/mol. The highest BCUT2D eigenvalue weighted by Gasteiger charge is 2.37. The number of hydrogen-bond acceptors (Lipinski definition) is 4. The molecule has 3 fully saturated rings. The first-order valence-corrected chi connectivity index (χ1v) is 7.68. The fourth-order valence-electron chi connectivity index (χ4n) is 3.04. The summed E-state index contributed by atoms with van der Waals surface area (Å²) in [5, 5.41) is 11.2. The van der Waals surface area contributed by atoms with E-state index in [0.29, 0.717) is 38.4 Å². The van der Waals surface area contributed by atoms with Crippen molar-refractivity contribution in [2.45, 2.75) is 37.6 Å². The van der Waals surface area contributed by atoms with Crippen LogP contribution < -0.4 is 5.32 Å². The Balaban J connectivity index is 1.31. The molecule has 1 unspecified atom stereocenters. The van der Waals surface area contributed by atoms with Crippen LogP contribution in [0.25, 0.3) is 0 Å². The molecule has 0 aromatic carbocycles. The van der Waals surface area contributed by atoms with Gasteiger partial charge in [0.15, 0.2) is 0 Å². The van der Waals surface area contributed by atoms with Crippen LogP contribution in [0.2, 0.25) is 0 Å². The molecule has 21 heavy (non-hydrogen) atoms. The van der Waals surface area contributed by atoms with Crippen molar-refractivity contribution in [2.24, 2.45) is 5.92 Å². The molecule has 1 aromatic heterocycles. The van der Waals surface area contributed by atoms with Gasteiger partial charge in [0.2, 0.25) is 11.8 Å². The zero-order valence-electron chi connectivity index (χ0n) is 11.9. The van der Waals surface area contributed by atoms with Crippen LogP contribution in [0.1, 0.15) is 43.3 Å². The maximum atomic E-state index is 12.3. The zero-order chi connectivity index (χ0) is 14.4. The topological polar surface area (TPSA) is 80.1 Å². The number of carbonyl (C=O) groups is 2. The number of hydrogen-bond donors (Lipinski definition) is 1. The summed E-state index contributed by atoms with van der Waals surface area (Å²) >= 11 is 0. The Hall–Kier alpha value is -1.92. The predicted octanol–water partition coefficient (Wildman–Crippen LogP) is 0.0650. The van der Waals surface area contributed by atoms with Crippen LogP contribution in [0.3, 0.4) is 0 Å². The molecule has 1 atom stereocenters. The van der Waals surface area contributed by atoms with Crippen molar-refractivity contribution in [1.29, 1.82) is 0 Å². The van der Waals surface area contributed by atoms with Gasteiger partial charge in [-0.3, -0.25) is 9.59 Å². The van der Waals surface area contributed by atoms with Crippen molar-refractivity contribution in [1.82, 2.24) is 25.2 Å². The lowest BCUT2D eigenvalue weighted by atomic mass is 9.95. The lowest BCUT2D eigenvalue weighted by Crippen LogP contribution is -2.55. The molecule has 0 radical (unpaired) electrons. The summed E-state index contributed by atoms with van der Waals surface area (Å²) in [6.07, 6.45) is 5.61. The van der Waals surface area contributed by atoms with Crippen LogP contribution in [-0.2, 0) is 9.59 Å². The van der Waals surface area contributed by atoms with Crippen LogP contribution in [0.15, 0.2) is 6.20 Å². The summed E-state index contributed by atoms with van der Waals surface area (Å²) in [4.78, 5) is 25.3. The Bertz CT molecular complexity index is 564. The Labute approximate surface area is 122 Å². The molecule has 0 bridgehead atoms. The maximum Gasteiger partial charge on any atom is 0.227 e. The third kappa shape index (κ3) is 2.41. The first-order valence-electron chi connectivity index (χ1n) is 7.68. The number of likely N-dealkylation sites (tertiary alicyclic amines) is 1. The van der Waals surface area contributed by atoms with Gasteiger partial charge >= 0.3 is 0 Å². The van der Waals surface area contributed by atoms with Crippen molar-refractivity contribution >= 4 is 11.8 Å². The average Bonchev–Trinajstić information content (AvgIpc) is 3.18. The highest BCUT2D eigenvalue weighted by atomic mass is 16.2. The smallest absolute Gasteiger partial charge is 0.227 e. The van der Waals surface area contributed by atoms with Gasteiger partial charge < -0.3 is 10.2 Å². The van der Waals surface area contributed by atoms with Gasteiger partial charge in [-0.2, -0.15) is 0 Å². The summed E-state index contributed by atoms with van der Waals surface area (Å²) in [6, 6.07) is 0.257. The molecule has 112 valence electrons. The van der Waals surface area contributed by atoms with Crippen molar-refractivity contribution < 1.29 is 9.59 Å². The van der Waals surface area contributed by atoms with Crippen LogP contribution in [0.4, 0.5) is 0 Å². The Morgan fingerprint density at radius 3 is 2.76 bits per heavy atom. The van der Waals surface area contributed by atoms with Crippen molar-refractivity contribution in [3.8, 4) is 0 Å². The summed E-state index contributed by atoms with van der Waals surface area (Å²) in [5.74, 6) is 0.772. The Kier molecular flexibility index (Phi) is 2.94. The zero-order valence-corrected chi connectivity index (χ0v) is 11.9. The number of carbonyl (C=O) groups excluding carboxylic acids is 2. The summed E-state index contributed by atoms with van der Waals surface area (Å²) < 4.78 is 1.90. The number of amides is 2. The van der Waals surface area contributed by atoms with Gasteiger partial charge in [0.1, 0.15) is 0 Å². The molecule has 3 aliphatic rings. The van der Waals surface area contributed by atoms with Crippen LogP contribution in [0, 0.1) is 5.92 Å². The second-order valence-corrected chi connectivity index (χ2v) is 6.33. The Morgan fingerprint density at radius 2 is 2.10 bits per heavy atom. The molecule has 2 aliphatic heterocycles. The molecule has 0 spiro atoms. The van der Waals surface area contributed by atoms with E-state index >= 15 is 0 Å². The molecule has 7 heteroatoms. The molecule has 4 rings (SSSR count). The fraction of sp³-hybridized carbons (Fsp3) is 0.714. The van der Waals surface area contributed by atoms with Crippen molar-refractivity contribution in [3.05, 3.63) is 11.9 Å². The van der Waals surface area contributed by atoms with Gasteiger partial charge in [0.25, 0.3) is 0 Å². The SMILES string of the molecule is O=C1CCC(C(=O)N2CC(n3cc(C4CC4)nn3)C2)CN1. The quantitative estimate of drug-likeness (QED) is 0.853. The van der Waals surface area contributed by atoms with E-state index in [4.69, 9.17) is 0 Å². The molecule has 7 nitrogen and oxygen atoms in total. The summed E-state index contributed by atoms with van der Waals surface area (Å²) in [6.45, 7) is 1.89. The van der Waals surface area contributed by atoms with E-state index in [2.05, 4.69) is 15.6 Å². The van der Waals surface area contributed by atoms with Gasteiger partial charge in [-0.05, 0) is 19.3 Å². The minimum Gasteiger partial charge on any atom is -0.355 e. The maximum absolute atomic E-state index is 12.3. The highest BCUT2D eigenvalue weighted by Crippen LogP contribution is 2.39. The molecule has 1 aliphatic carbocycles. The molecule has 3 heterocycles. The first-order chi connectivity index (χ1) is 10.2. The number of nitrogens with zero attached hydrogens (tertiary/aromatic N) is 4. The van der Waals surface area contributed by atoms with Crippen LogP contribution >= 0.6 is 0 Å². The second kappa shape index (κ2) is 4.82. The lowest BCUT2D eigenvalue weighted by Gasteiger charge is -2.41. The summed E-state index contributed by atoms with van der Waals surface area (Å²) in [5.41, 5.74) is 1.09. The monoisotopic (exact) mass is 289 g/mol. The third-order valence-corrected chi connectivity index (χ3v) is 4.69. The molecule has 2 saturated heterocycles. The minimum absolute atomic E-state index is 0.0516. The van der Waals surface area contributed by atoms with Gasteiger partial charge in [-0.25, -0.2) is 4.68 Å². The highest BCUT2D eigenvalue weighted by molar-refractivity contribution is 5.84. The second-order valence-electron chi connectivity index (χ2n) is 6.33. The van der Waals surface area contributed by atoms with Crippen molar-refractivity contribution in [3.63, 3.8) is 0 Å². The van der Waals surface area contributed by atoms with E-state index in [1.165, 1.54) is 12.8 Å². The van der Waals surface area contributed by atoms with Gasteiger partial charge in [0.05, 0.1) is 17.7 Å². The van der Waals surface area contributed by atoms with Crippen molar-refractivity contribution in [2.75, 3.05) is 19.6 Å². The Morgan fingerprint density at radius 1 is 1.29 bits per heavy atom. The number of rotatable bonds is 3. The summed E-state index contributed by atoms with van der Waals surface area (Å²) in [7, 11) is 0. The molecule has 1 saturated carbocycles. The van der Waals surface area contributed by atoms with E-state index in [0.717, 1.165) is 5.69 Å². The fourth-order valence-corrected chi connectivity index (χ4v) is 3.04. The van der Waals surface area contributed by atoms with Gasteiger partial charge in [-0.15, -0.1) is 5.10 Å². The molecular weight excluding hydrogens is 270 g/mol. The van der Waals surface area contributed by atoms with Crippen LogP contribution in [0.5, 0.6) is 0 Å². The number of aromatic nitrogens is 3. The van der Waals surface area contributed by atoms with E-state index in [-0.39, 0.29) is 23.8 Å². The minimum atomic E-state index is -0.0542. The molecule has 1 N–H and O–H groups in total. The molecule has 2 amide bonds. The first kappa shape index (κ1) is 12.8. The largest absolute Gasteiger partial charge is 0.355 e. The van der Waals surface area contributed by atoms with Crippen LogP contribution in [-0.4, -0.2) is 51.3 Å². The van der Waals surface area contributed by atoms with Gasteiger partial charge in [0, 0.05) is 38.2 Å². The van der Waals surface area contributed by atoms with E-state index in [1.54, 1.807) is 0 Å². The molecular formula is C14H19N5O2. The third-order valence-electron chi connectivity index (χ3n) is 4.69. The normalized spacial score (nSPS) is 26.4. The predicted molar refractivity (Wildman–Crippen MR) is 73.3 cm³/mol. The lowest BCUT2D eigenvalue weighted by molar-refractivity contribution is -0.143. The van der Waals surface area contributed by atoms with E-state index < -0.39 is 0 Å². The van der Waals surface area contributed by atoms with E-state index in [9.17, 15) is 9.59 Å². The molecule has 1 aromatic rings.